The van der Waals surface area contributed by atoms with Gasteiger partial charge in [-0.3, -0.25) is 14.3 Å². The summed E-state index contributed by atoms with van der Waals surface area (Å²) in [6.07, 6.45) is 8.94. The lowest BCUT2D eigenvalue weighted by Crippen LogP contribution is -2.50. The van der Waals surface area contributed by atoms with E-state index in [0.717, 1.165) is 39.0 Å². The molecule has 2 amide bonds. The van der Waals surface area contributed by atoms with Crippen LogP contribution in [0.3, 0.4) is 0 Å². The quantitative estimate of drug-likeness (QED) is 0.791. The minimum atomic E-state index is -0.390. The van der Waals surface area contributed by atoms with E-state index in [1.807, 2.05) is 4.90 Å². The Labute approximate surface area is 175 Å². The summed E-state index contributed by atoms with van der Waals surface area (Å²) in [5.41, 5.74) is 0.864. The molecule has 2 aliphatic heterocycles. The molecule has 0 saturated carbocycles. The molecule has 0 spiro atoms. The second kappa shape index (κ2) is 9.38. The first-order chi connectivity index (χ1) is 14.6. The number of hydrogen-bond donors (Lipinski definition) is 1. The van der Waals surface area contributed by atoms with Crippen molar-refractivity contribution in [3.63, 3.8) is 0 Å². The van der Waals surface area contributed by atoms with E-state index in [4.69, 9.17) is 0 Å². The SMILES string of the molecule is O=C(Nc1cnn(CC(=O)N2CCCC[C@@H]2CN2CCCC2)c1)c1ccc(F)cc1. The first-order valence-electron chi connectivity index (χ1n) is 10.7. The number of carbonyl (C=O) groups excluding carboxylic acids is 2. The molecule has 2 saturated heterocycles. The number of aromatic nitrogens is 2. The summed E-state index contributed by atoms with van der Waals surface area (Å²) in [5.74, 6) is -0.667. The van der Waals surface area contributed by atoms with Crippen molar-refractivity contribution in [2.75, 3.05) is 31.5 Å². The Morgan fingerprint density at radius 1 is 1.07 bits per heavy atom. The van der Waals surface area contributed by atoms with Crippen LogP contribution in [-0.2, 0) is 11.3 Å². The highest BCUT2D eigenvalue weighted by Crippen LogP contribution is 2.21. The lowest BCUT2D eigenvalue weighted by Gasteiger charge is -2.38. The van der Waals surface area contributed by atoms with E-state index in [1.54, 1.807) is 10.9 Å². The molecule has 1 atom stereocenters. The molecular formula is C22H28FN5O2. The summed E-state index contributed by atoms with van der Waals surface area (Å²) in [4.78, 5) is 29.7. The second-order valence-corrected chi connectivity index (χ2v) is 8.13. The number of halogens is 1. The summed E-state index contributed by atoms with van der Waals surface area (Å²) in [7, 11) is 0. The van der Waals surface area contributed by atoms with E-state index in [0.29, 0.717) is 11.3 Å². The summed E-state index contributed by atoms with van der Waals surface area (Å²) >= 11 is 0. The second-order valence-electron chi connectivity index (χ2n) is 8.13. The molecule has 3 heterocycles. The minimum Gasteiger partial charge on any atom is -0.337 e. The molecule has 0 aliphatic carbocycles. The van der Waals surface area contributed by atoms with E-state index in [-0.39, 0.29) is 24.4 Å². The number of carbonyl (C=O) groups is 2. The first kappa shape index (κ1) is 20.5. The molecule has 30 heavy (non-hydrogen) atoms. The Bertz CT molecular complexity index is 876. The normalized spacial score (nSPS) is 19.8. The number of nitrogens with one attached hydrogen (secondary N) is 1. The number of piperidine rings is 1. The monoisotopic (exact) mass is 413 g/mol. The van der Waals surface area contributed by atoms with Gasteiger partial charge < -0.3 is 15.1 Å². The van der Waals surface area contributed by atoms with E-state index < -0.39 is 5.82 Å². The van der Waals surface area contributed by atoms with Gasteiger partial charge in [0.1, 0.15) is 12.4 Å². The molecular weight excluding hydrogens is 385 g/mol. The maximum absolute atomic E-state index is 13.0. The van der Waals surface area contributed by atoms with Gasteiger partial charge in [0, 0.05) is 30.9 Å². The van der Waals surface area contributed by atoms with Gasteiger partial charge in [0.2, 0.25) is 5.91 Å². The van der Waals surface area contributed by atoms with Gasteiger partial charge in [0.05, 0.1) is 11.9 Å². The highest BCUT2D eigenvalue weighted by Gasteiger charge is 2.29. The highest BCUT2D eigenvalue weighted by atomic mass is 19.1. The first-order valence-corrected chi connectivity index (χ1v) is 10.7. The van der Waals surface area contributed by atoms with Gasteiger partial charge in [-0.05, 0) is 69.5 Å². The molecule has 0 bridgehead atoms. The average molecular weight is 413 g/mol. The fraction of sp³-hybridized carbons (Fsp3) is 0.500. The molecule has 0 radical (unpaired) electrons. The molecule has 8 heteroatoms. The van der Waals surface area contributed by atoms with Crippen LogP contribution in [0, 0.1) is 5.82 Å². The fourth-order valence-corrected chi connectivity index (χ4v) is 4.33. The van der Waals surface area contributed by atoms with Crippen LogP contribution in [0.5, 0.6) is 0 Å². The molecule has 1 aromatic carbocycles. The van der Waals surface area contributed by atoms with Gasteiger partial charge in [-0.2, -0.15) is 5.10 Å². The number of amides is 2. The van der Waals surface area contributed by atoms with Gasteiger partial charge in [0.15, 0.2) is 0 Å². The summed E-state index contributed by atoms with van der Waals surface area (Å²) in [5, 5.41) is 6.96. The third-order valence-corrected chi connectivity index (χ3v) is 5.91. The Hall–Kier alpha value is -2.74. The molecule has 2 aromatic rings. The third-order valence-electron chi connectivity index (χ3n) is 5.91. The predicted molar refractivity (Wildman–Crippen MR) is 112 cm³/mol. The van der Waals surface area contributed by atoms with E-state index in [2.05, 4.69) is 15.3 Å². The van der Waals surface area contributed by atoms with Gasteiger partial charge >= 0.3 is 0 Å². The van der Waals surface area contributed by atoms with E-state index >= 15 is 0 Å². The van der Waals surface area contributed by atoms with Gasteiger partial charge in [-0.25, -0.2) is 4.39 Å². The molecule has 1 aromatic heterocycles. The number of benzene rings is 1. The average Bonchev–Trinajstić information content (AvgIpc) is 3.41. The molecule has 4 rings (SSSR count). The third kappa shape index (κ3) is 5.05. The zero-order valence-corrected chi connectivity index (χ0v) is 17.1. The predicted octanol–water partition coefficient (Wildman–Crippen LogP) is 2.75. The molecule has 7 nitrogen and oxygen atoms in total. The van der Waals surface area contributed by atoms with Crippen molar-refractivity contribution in [1.82, 2.24) is 19.6 Å². The van der Waals surface area contributed by atoms with Crippen molar-refractivity contribution in [2.45, 2.75) is 44.7 Å². The Morgan fingerprint density at radius 3 is 2.57 bits per heavy atom. The maximum Gasteiger partial charge on any atom is 0.255 e. The van der Waals surface area contributed by atoms with Crippen LogP contribution in [-0.4, -0.2) is 63.6 Å². The van der Waals surface area contributed by atoms with Crippen molar-refractivity contribution in [1.29, 1.82) is 0 Å². The van der Waals surface area contributed by atoms with Crippen LogP contribution in [0.25, 0.3) is 0 Å². The fourth-order valence-electron chi connectivity index (χ4n) is 4.33. The van der Waals surface area contributed by atoms with Crippen molar-refractivity contribution in [3.8, 4) is 0 Å². The zero-order chi connectivity index (χ0) is 20.9. The minimum absolute atomic E-state index is 0.0680. The van der Waals surface area contributed by atoms with Gasteiger partial charge in [0.25, 0.3) is 5.91 Å². The molecule has 160 valence electrons. The van der Waals surface area contributed by atoms with Crippen LogP contribution < -0.4 is 5.32 Å². The number of anilines is 1. The van der Waals surface area contributed by atoms with Crippen molar-refractivity contribution in [3.05, 3.63) is 48.0 Å². The smallest absolute Gasteiger partial charge is 0.255 e. The Kier molecular flexibility index (Phi) is 6.42. The lowest BCUT2D eigenvalue weighted by atomic mass is 10.0. The maximum atomic E-state index is 13.0. The van der Waals surface area contributed by atoms with Crippen LogP contribution in [0.1, 0.15) is 42.5 Å². The topological polar surface area (TPSA) is 70.5 Å². The number of nitrogens with zero attached hydrogens (tertiary/aromatic N) is 4. The summed E-state index contributed by atoms with van der Waals surface area (Å²) < 4.78 is 14.6. The van der Waals surface area contributed by atoms with Gasteiger partial charge in [-0.15, -0.1) is 0 Å². The Morgan fingerprint density at radius 2 is 1.80 bits per heavy atom. The zero-order valence-electron chi connectivity index (χ0n) is 17.1. The van der Waals surface area contributed by atoms with Crippen molar-refractivity contribution in [2.24, 2.45) is 0 Å². The van der Waals surface area contributed by atoms with Crippen LogP contribution in [0.4, 0.5) is 10.1 Å². The molecule has 2 fully saturated rings. The lowest BCUT2D eigenvalue weighted by molar-refractivity contribution is -0.136. The number of likely N-dealkylation sites (tertiary alicyclic amines) is 2. The van der Waals surface area contributed by atoms with Gasteiger partial charge in [-0.1, -0.05) is 0 Å². The van der Waals surface area contributed by atoms with Crippen LogP contribution in [0.15, 0.2) is 36.7 Å². The van der Waals surface area contributed by atoms with Crippen LogP contribution in [0.2, 0.25) is 0 Å². The highest BCUT2D eigenvalue weighted by molar-refractivity contribution is 6.04. The largest absolute Gasteiger partial charge is 0.337 e. The summed E-state index contributed by atoms with van der Waals surface area (Å²) in [6, 6.07) is 5.62. The van der Waals surface area contributed by atoms with E-state index in [1.165, 1.54) is 49.7 Å². The van der Waals surface area contributed by atoms with Crippen molar-refractivity contribution < 1.29 is 14.0 Å². The standard InChI is InChI=1S/C22H28FN5O2/c23-18-8-6-17(7-9-18)22(30)25-19-13-24-27(14-19)16-21(29)28-12-2-1-5-20(28)15-26-10-3-4-11-26/h6-9,13-14,20H,1-5,10-12,15-16H2,(H,25,30)/t20-/m1/s1. The summed E-state index contributed by atoms with van der Waals surface area (Å²) in [6.45, 7) is 4.18. The van der Waals surface area contributed by atoms with Crippen LogP contribution >= 0.6 is 0 Å². The van der Waals surface area contributed by atoms with Crippen molar-refractivity contribution >= 4 is 17.5 Å². The molecule has 2 aliphatic rings. The van der Waals surface area contributed by atoms with E-state index in [9.17, 15) is 14.0 Å². The number of hydrogen-bond acceptors (Lipinski definition) is 4. The molecule has 1 N–H and O–H groups in total. The molecule has 0 unspecified atom stereocenters. The Balaban J connectivity index is 1.34. The number of rotatable bonds is 6.